The molecule has 122 valence electrons. The van der Waals surface area contributed by atoms with Gasteiger partial charge in [0.25, 0.3) is 0 Å². The number of methoxy groups -OCH3 is 1. The average molecular weight is 306 g/mol. The summed E-state index contributed by atoms with van der Waals surface area (Å²) in [5.41, 5.74) is 7.83. The number of esters is 1. The zero-order chi connectivity index (χ0) is 16.5. The minimum absolute atomic E-state index is 0.00514. The van der Waals surface area contributed by atoms with Crippen LogP contribution < -0.4 is 11.1 Å². The Labute approximate surface area is 132 Å². The molecule has 0 aliphatic heterocycles. The fourth-order valence-electron chi connectivity index (χ4n) is 2.21. The number of amides is 1. The van der Waals surface area contributed by atoms with Gasteiger partial charge in [0, 0.05) is 19.0 Å². The van der Waals surface area contributed by atoms with Gasteiger partial charge in [-0.05, 0) is 32.3 Å². The number of hydrogen-bond acceptors (Lipinski definition) is 4. The molecule has 2 unspecified atom stereocenters. The molecule has 0 aromatic heterocycles. The van der Waals surface area contributed by atoms with Gasteiger partial charge in [0.15, 0.2) is 0 Å². The largest absolute Gasteiger partial charge is 0.469 e. The van der Waals surface area contributed by atoms with Crippen LogP contribution in [-0.4, -0.2) is 31.6 Å². The molecule has 1 aromatic rings. The van der Waals surface area contributed by atoms with Gasteiger partial charge in [-0.2, -0.15) is 0 Å². The summed E-state index contributed by atoms with van der Waals surface area (Å²) in [6.07, 6.45) is 1.55. The van der Waals surface area contributed by atoms with Crippen LogP contribution in [0.1, 0.15) is 30.9 Å². The quantitative estimate of drug-likeness (QED) is 0.714. The Bertz CT molecular complexity index is 500. The van der Waals surface area contributed by atoms with Crippen molar-refractivity contribution in [1.29, 1.82) is 0 Å². The van der Waals surface area contributed by atoms with E-state index in [0.717, 1.165) is 11.1 Å². The topological polar surface area (TPSA) is 81.4 Å². The monoisotopic (exact) mass is 306 g/mol. The first kappa shape index (κ1) is 18.2. The molecule has 0 fully saturated rings. The van der Waals surface area contributed by atoms with Crippen LogP contribution >= 0.6 is 0 Å². The van der Waals surface area contributed by atoms with E-state index in [4.69, 9.17) is 10.5 Å². The number of nitrogens with two attached hydrogens (primary N) is 1. The standard InChI is InChI=1S/C17H26N2O3/c1-12-5-4-6-14(9-12)10-15(17(21)22-3)11-19-16(20)8-7-13(2)18/h4-6,9,13,15H,7-8,10-11,18H2,1-3H3,(H,19,20). The van der Waals surface area contributed by atoms with E-state index in [1.807, 2.05) is 38.1 Å². The van der Waals surface area contributed by atoms with Crippen molar-refractivity contribution in [2.75, 3.05) is 13.7 Å². The molecule has 1 aromatic carbocycles. The first-order valence-electron chi connectivity index (χ1n) is 7.58. The van der Waals surface area contributed by atoms with Crippen LogP contribution in [0.15, 0.2) is 24.3 Å². The molecular weight excluding hydrogens is 280 g/mol. The molecule has 0 heterocycles. The zero-order valence-corrected chi connectivity index (χ0v) is 13.6. The van der Waals surface area contributed by atoms with E-state index in [1.54, 1.807) is 0 Å². The van der Waals surface area contributed by atoms with E-state index in [0.29, 0.717) is 19.3 Å². The van der Waals surface area contributed by atoms with Gasteiger partial charge in [-0.25, -0.2) is 0 Å². The van der Waals surface area contributed by atoms with Gasteiger partial charge in [-0.3, -0.25) is 9.59 Å². The van der Waals surface area contributed by atoms with Crippen molar-refractivity contribution >= 4 is 11.9 Å². The lowest BCUT2D eigenvalue weighted by atomic mass is 9.98. The summed E-state index contributed by atoms with van der Waals surface area (Å²) >= 11 is 0. The first-order valence-corrected chi connectivity index (χ1v) is 7.58. The SMILES string of the molecule is COC(=O)C(CNC(=O)CCC(C)N)Cc1cccc(C)c1. The van der Waals surface area contributed by atoms with Crippen LogP contribution in [-0.2, 0) is 20.7 Å². The Hall–Kier alpha value is -1.88. The molecule has 3 N–H and O–H groups in total. The van der Waals surface area contributed by atoms with Crippen molar-refractivity contribution in [3.63, 3.8) is 0 Å². The predicted octanol–water partition coefficient (Wildman–Crippen LogP) is 1.57. The molecular formula is C17H26N2O3. The van der Waals surface area contributed by atoms with Crippen LogP contribution in [0.2, 0.25) is 0 Å². The second kappa shape index (κ2) is 9.20. The van der Waals surface area contributed by atoms with Gasteiger partial charge >= 0.3 is 5.97 Å². The van der Waals surface area contributed by atoms with Crippen molar-refractivity contribution in [3.05, 3.63) is 35.4 Å². The first-order chi connectivity index (χ1) is 10.4. The summed E-state index contributed by atoms with van der Waals surface area (Å²) < 4.78 is 4.84. The number of rotatable bonds is 8. The molecule has 0 bridgehead atoms. The molecule has 5 heteroatoms. The van der Waals surface area contributed by atoms with Crippen molar-refractivity contribution in [2.24, 2.45) is 11.7 Å². The zero-order valence-electron chi connectivity index (χ0n) is 13.6. The molecule has 22 heavy (non-hydrogen) atoms. The van der Waals surface area contributed by atoms with E-state index >= 15 is 0 Å². The Morgan fingerprint density at radius 1 is 1.36 bits per heavy atom. The van der Waals surface area contributed by atoms with Gasteiger partial charge in [0.05, 0.1) is 13.0 Å². The number of benzene rings is 1. The van der Waals surface area contributed by atoms with Crippen LogP contribution in [0, 0.1) is 12.8 Å². The number of carbonyl (C=O) groups excluding carboxylic acids is 2. The van der Waals surface area contributed by atoms with Crippen LogP contribution in [0.3, 0.4) is 0 Å². The molecule has 0 aliphatic carbocycles. The maximum atomic E-state index is 11.9. The van der Waals surface area contributed by atoms with Gasteiger partial charge < -0.3 is 15.8 Å². The summed E-state index contributed by atoms with van der Waals surface area (Å²) in [7, 11) is 1.36. The normalized spacial score (nSPS) is 13.3. The van der Waals surface area contributed by atoms with Gasteiger partial charge in [-0.15, -0.1) is 0 Å². The third-order valence-corrected chi connectivity index (χ3v) is 3.47. The molecule has 0 radical (unpaired) electrons. The Balaban J connectivity index is 2.58. The lowest BCUT2D eigenvalue weighted by molar-refractivity contribution is -0.145. The van der Waals surface area contributed by atoms with Gasteiger partial charge in [0.2, 0.25) is 5.91 Å². The highest BCUT2D eigenvalue weighted by molar-refractivity contribution is 5.78. The summed E-state index contributed by atoms with van der Waals surface area (Å²) in [6, 6.07) is 7.97. The molecule has 2 atom stereocenters. The van der Waals surface area contributed by atoms with E-state index < -0.39 is 0 Å². The summed E-state index contributed by atoms with van der Waals surface area (Å²) in [5, 5.41) is 2.79. The van der Waals surface area contributed by atoms with E-state index in [2.05, 4.69) is 5.32 Å². The molecule has 5 nitrogen and oxygen atoms in total. The van der Waals surface area contributed by atoms with Gasteiger partial charge in [0.1, 0.15) is 0 Å². The van der Waals surface area contributed by atoms with E-state index in [9.17, 15) is 9.59 Å². The second-order valence-corrected chi connectivity index (χ2v) is 5.73. The van der Waals surface area contributed by atoms with Crippen LogP contribution in [0.25, 0.3) is 0 Å². The minimum Gasteiger partial charge on any atom is -0.469 e. The highest BCUT2D eigenvalue weighted by Gasteiger charge is 2.20. The summed E-state index contributed by atoms with van der Waals surface area (Å²) in [6.45, 7) is 4.15. The smallest absolute Gasteiger partial charge is 0.310 e. The molecule has 0 saturated carbocycles. The van der Waals surface area contributed by atoms with Gasteiger partial charge in [-0.1, -0.05) is 29.8 Å². The molecule has 1 rings (SSSR count). The highest BCUT2D eigenvalue weighted by Crippen LogP contribution is 2.12. The number of nitrogens with one attached hydrogen (secondary N) is 1. The Kier molecular flexibility index (Phi) is 7.60. The fraction of sp³-hybridized carbons (Fsp3) is 0.529. The number of hydrogen-bond donors (Lipinski definition) is 2. The average Bonchev–Trinajstić information content (AvgIpc) is 2.48. The molecule has 0 spiro atoms. The Morgan fingerprint density at radius 2 is 2.09 bits per heavy atom. The van der Waals surface area contributed by atoms with Crippen LogP contribution in [0.4, 0.5) is 0 Å². The fourth-order valence-corrected chi connectivity index (χ4v) is 2.21. The molecule has 0 saturated heterocycles. The van der Waals surface area contributed by atoms with E-state index in [1.165, 1.54) is 7.11 Å². The number of carbonyl (C=O) groups is 2. The molecule has 0 aliphatic rings. The van der Waals surface area contributed by atoms with Crippen molar-refractivity contribution < 1.29 is 14.3 Å². The second-order valence-electron chi connectivity index (χ2n) is 5.73. The third-order valence-electron chi connectivity index (χ3n) is 3.47. The lowest BCUT2D eigenvalue weighted by Gasteiger charge is -2.16. The predicted molar refractivity (Wildman–Crippen MR) is 86.3 cm³/mol. The van der Waals surface area contributed by atoms with Crippen LogP contribution in [0.5, 0.6) is 0 Å². The van der Waals surface area contributed by atoms with Crippen molar-refractivity contribution in [1.82, 2.24) is 5.32 Å². The maximum absolute atomic E-state index is 11.9. The van der Waals surface area contributed by atoms with Crippen molar-refractivity contribution in [2.45, 2.75) is 39.2 Å². The maximum Gasteiger partial charge on any atom is 0.310 e. The summed E-state index contributed by atoms with van der Waals surface area (Å²) in [5.74, 6) is -0.782. The minimum atomic E-state index is -0.383. The molecule has 1 amide bonds. The lowest BCUT2D eigenvalue weighted by Crippen LogP contribution is -2.35. The Morgan fingerprint density at radius 3 is 2.68 bits per heavy atom. The highest BCUT2D eigenvalue weighted by atomic mass is 16.5. The summed E-state index contributed by atoms with van der Waals surface area (Å²) in [4.78, 5) is 23.6. The number of ether oxygens (including phenoxy) is 1. The van der Waals surface area contributed by atoms with E-state index in [-0.39, 0.29) is 30.4 Å². The number of aryl methyl sites for hydroxylation is 1. The van der Waals surface area contributed by atoms with Crippen molar-refractivity contribution in [3.8, 4) is 0 Å². The third kappa shape index (κ3) is 6.72.